The minimum absolute atomic E-state index is 0.0116. The molecular formula is C11H13FN2O4. The zero-order valence-electron chi connectivity index (χ0n) is 9.88. The van der Waals surface area contributed by atoms with Gasteiger partial charge >= 0.3 is 5.97 Å². The summed E-state index contributed by atoms with van der Waals surface area (Å²) in [5.74, 6) is -2.14. The van der Waals surface area contributed by atoms with Gasteiger partial charge in [0.15, 0.2) is 0 Å². The number of anilines is 1. The van der Waals surface area contributed by atoms with Crippen LogP contribution in [0.4, 0.5) is 15.8 Å². The fourth-order valence-electron chi connectivity index (χ4n) is 1.46. The lowest BCUT2D eigenvalue weighted by Gasteiger charge is -2.18. The topological polar surface area (TPSA) is 92.5 Å². The standard InChI is InChI=1S/C11H13FN2O4/c1-6(2)10(11(15)16)13-8-4-3-7(12)5-9(8)14(17)18/h3-6,10,13H,1-2H3,(H,15,16). The number of nitro groups is 1. The number of benzene rings is 1. The molecule has 2 N–H and O–H groups in total. The molecule has 0 saturated heterocycles. The van der Waals surface area contributed by atoms with E-state index in [9.17, 15) is 19.3 Å². The van der Waals surface area contributed by atoms with Crippen LogP contribution in [0.1, 0.15) is 13.8 Å². The summed E-state index contributed by atoms with van der Waals surface area (Å²) in [4.78, 5) is 21.0. The number of halogens is 1. The van der Waals surface area contributed by atoms with E-state index in [1.54, 1.807) is 13.8 Å². The molecule has 0 aliphatic rings. The lowest BCUT2D eigenvalue weighted by Crippen LogP contribution is -2.34. The summed E-state index contributed by atoms with van der Waals surface area (Å²) < 4.78 is 12.9. The summed E-state index contributed by atoms with van der Waals surface area (Å²) in [6, 6.07) is 1.97. The third-order valence-corrected chi connectivity index (χ3v) is 2.40. The first kappa shape index (κ1) is 13.9. The Morgan fingerprint density at radius 1 is 1.50 bits per heavy atom. The Bertz CT molecular complexity index is 476. The van der Waals surface area contributed by atoms with Crippen molar-refractivity contribution in [2.45, 2.75) is 19.9 Å². The van der Waals surface area contributed by atoms with Gasteiger partial charge < -0.3 is 10.4 Å². The van der Waals surface area contributed by atoms with E-state index in [2.05, 4.69) is 5.32 Å². The first-order valence-electron chi connectivity index (χ1n) is 5.26. The number of hydrogen-bond acceptors (Lipinski definition) is 4. The molecule has 0 heterocycles. The van der Waals surface area contributed by atoms with Crippen molar-refractivity contribution in [1.29, 1.82) is 0 Å². The number of carbonyl (C=O) groups is 1. The van der Waals surface area contributed by atoms with Crippen LogP contribution in [0.3, 0.4) is 0 Å². The number of nitrogens with one attached hydrogen (secondary N) is 1. The second-order valence-corrected chi connectivity index (χ2v) is 4.12. The number of nitrogens with zero attached hydrogens (tertiary/aromatic N) is 1. The van der Waals surface area contributed by atoms with Gasteiger partial charge in [-0.3, -0.25) is 10.1 Å². The molecule has 0 radical (unpaired) electrons. The van der Waals surface area contributed by atoms with Gasteiger partial charge in [-0.1, -0.05) is 13.8 Å². The van der Waals surface area contributed by atoms with Crippen LogP contribution in [-0.4, -0.2) is 22.0 Å². The average Bonchev–Trinajstić information content (AvgIpc) is 2.25. The minimum atomic E-state index is -1.12. The fraction of sp³-hybridized carbons (Fsp3) is 0.364. The Morgan fingerprint density at radius 3 is 2.56 bits per heavy atom. The smallest absolute Gasteiger partial charge is 0.326 e. The second kappa shape index (κ2) is 5.44. The molecule has 0 fully saturated rings. The van der Waals surface area contributed by atoms with Crippen LogP contribution in [0, 0.1) is 21.8 Å². The van der Waals surface area contributed by atoms with Crippen molar-refractivity contribution in [3.8, 4) is 0 Å². The third kappa shape index (κ3) is 3.16. The molecule has 0 spiro atoms. The predicted octanol–water partition coefficient (Wildman–Crippen LogP) is 2.26. The van der Waals surface area contributed by atoms with Crippen molar-refractivity contribution in [3.05, 3.63) is 34.1 Å². The molecule has 1 aromatic carbocycles. The van der Waals surface area contributed by atoms with Crippen molar-refractivity contribution in [1.82, 2.24) is 0 Å². The molecule has 6 nitrogen and oxygen atoms in total. The number of rotatable bonds is 5. The van der Waals surface area contributed by atoms with Gasteiger partial charge in [0.25, 0.3) is 5.69 Å². The van der Waals surface area contributed by atoms with Crippen molar-refractivity contribution in [3.63, 3.8) is 0 Å². The van der Waals surface area contributed by atoms with Crippen molar-refractivity contribution in [2.75, 3.05) is 5.32 Å². The number of nitro benzene ring substituents is 1. The van der Waals surface area contributed by atoms with E-state index in [0.29, 0.717) is 0 Å². The van der Waals surface area contributed by atoms with E-state index < -0.39 is 28.4 Å². The van der Waals surface area contributed by atoms with E-state index in [4.69, 9.17) is 5.11 Å². The van der Waals surface area contributed by atoms with Crippen LogP contribution in [0.2, 0.25) is 0 Å². The van der Waals surface area contributed by atoms with Gasteiger partial charge in [0, 0.05) is 0 Å². The van der Waals surface area contributed by atoms with Crippen molar-refractivity contribution >= 4 is 17.3 Å². The lowest BCUT2D eigenvalue weighted by atomic mass is 10.0. The Labute approximate surface area is 103 Å². The monoisotopic (exact) mass is 256 g/mol. The van der Waals surface area contributed by atoms with Crippen LogP contribution in [0.25, 0.3) is 0 Å². The minimum Gasteiger partial charge on any atom is -0.480 e. The van der Waals surface area contributed by atoms with Crippen LogP contribution < -0.4 is 5.32 Å². The molecule has 1 aromatic rings. The molecule has 0 amide bonds. The Morgan fingerprint density at radius 2 is 2.11 bits per heavy atom. The molecule has 7 heteroatoms. The molecule has 0 aliphatic heterocycles. The zero-order valence-corrected chi connectivity index (χ0v) is 9.88. The van der Waals surface area contributed by atoms with Gasteiger partial charge in [-0.2, -0.15) is 0 Å². The van der Waals surface area contributed by atoms with Crippen LogP contribution in [0.15, 0.2) is 18.2 Å². The molecule has 98 valence electrons. The molecule has 18 heavy (non-hydrogen) atoms. The first-order valence-corrected chi connectivity index (χ1v) is 5.26. The highest BCUT2D eigenvalue weighted by Crippen LogP contribution is 2.26. The van der Waals surface area contributed by atoms with Crippen molar-refractivity contribution < 1.29 is 19.2 Å². The van der Waals surface area contributed by atoms with Gasteiger partial charge in [-0.25, -0.2) is 9.18 Å². The van der Waals surface area contributed by atoms with Crippen molar-refractivity contribution in [2.24, 2.45) is 5.92 Å². The van der Waals surface area contributed by atoms with Gasteiger partial charge in [-0.15, -0.1) is 0 Å². The van der Waals surface area contributed by atoms with E-state index in [1.165, 1.54) is 0 Å². The van der Waals surface area contributed by atoms with Gasteiger partial charge in [0.05, 0.1) is 11.0 Å². The molecule has 0 saturated carbocycles. The maximum Gasteiger partial charge on any atom is 0.326 e. The molecule has 1 atom stereocenters. The highest BCUT2D eigenvalue weighted by atomic mass is 19.1. The summed E-state index contributed by atoms with van der Waals surface area (Å²) >= 11 is 0. The maximum atomic E-state index is 12.9. The van der Waals surface area contributed by atoms with E-state index in [-0.39, 0.29) is 11.6 Å². The Hall–Kier alpha value is -2.18. The largest absolute Gasteiger partial charge is 0.480 e. The third-order valence-electron chi connectivity index (χ3n) is 2.40. The summed E-state index contributed by atoms with van der Waals surface area (Å²) in [5, 5.41) is 22.3. The number of carboxylic acids is 1. The number of hydrogen-bond donors (Lipinski definition) is 2. The summed E-state index contributed by atoms with van der Waals surface area (Å²) in [7, 11) is 0. The molecule has 0 bridgehead atoms. The van der Waals surface area contributed by atoms with E-state index >= 15 is 0 Å². The molecular weight excluding hydrogens is 243 g/mol. The quantitative estimate of drug-likeness (QED) is 0.622. The zero-order chi connectivity index (χ0) is 13.9. The molecule has 0 aromatic heterocycles. The van der Waals surface area contributed by atoms with Gasteiger partial charge in [-0.05, 0) is 18.1 Å². The number of aliphatic carboxylic acids is 1. The van der Waals surface area contributed by atoms with Crippen LogP contribution in [0.5, 0.6) is 0 Å². The van der Waals surface area contributed by atoms with Gasteiger partial charge in [0.2, 0.25) is 0 Å². The maximum absolute atomic E-state index is 12.9. The highest BCUT2D eigenvalue weighted by Gasteiger charge is 2.25. The summed E-state index contributed by atoms with van der Waals surface area (Å²) in [6.07, 6.45) is 0. The van der Waals surface area contributed by atoms with Crippen LogP contribution in [-0.2, 0) is 4.79 Å². The molecule has 1 unspecified atom stereocenters. The van der Waals surface area contributed by atoms with E-state index in [1.807, 2.05) is 0 Å². The molecule has 0 aliphatic carbocycles. The summed E-state index contributed by atoms with van der Waals surface area (Å²) in [5.41, 5.74) is -0.496. The lowest BCUT2D eigenvalue weighted by molar-refractivity contribution is -0.384. The van der Waals surface area contributed by atoms with E-state index in [0.717, 1.165) is 18.2 Å². The van der Waals surface area contributed by atoms with Crippen LogP contribution >= 0.6 is 0 Å². The number of carboxylic acid groups (broad SMARTS) is 1. The van der Waals surface area contributed by atoms with Gasteiger partial charge in [0.1, 0.15) is 17.5 Å². The Kier molecular flexibility index (Phi) is 4.19. The Balaban J connectivity index is 3.10. The average molecular weight is 256 g/mol. The molecule has 1 rings (SSSR count). The summed E-state index contributed by atoms with van der Waals surface area (Å²) in [6.45, 7) is 3.34. The second-order valence-electron chi connectivity index (χ2n) is 4.12. The normalized spacial score (nSPS) is 12.2. The SMILES string of the molecule is CC(C)C(Nc1ccc(F)cc1[N+](=O)[O-])C(=O)O. The predicted molar refractivity (Wildman–Crippen MR) is 62.9 cm³/mol. The fourth-order valence-corrected chi connectivity index (χ4v) is 1.46. The first-order chi connectivity index (χ1) is 8.32. The highest BCUT2D eigenvalue weighted by molar-refractivity contribution is 5.79.